The number of hydrogen-bond donors (Lipinski definition) is 6. The fourth-order valence-electron chi connectivity index (χ4n) is 12.4. The second kappa shape index (κ2) is 30.7. The zero-order chi connectivity index (χ0) is 61.6. The lowest BCUT2D eigenvalue weighted by molar-refractivity contribution is -0.143. The normalized spacial score (nSPS) is 21.6. The summed E-state index contributed by atoms with van der Waals surface area (Å²) >= 11 is 1.77. The third-order valence-corrected chi connectivity index (χ3v) is 18.7. The summed E-state index contributed by atoms with van der Waals surface area (Å²) in [6.07, 6.45) is 9.56. The molecule has 3 aromatic carbocycles. The van der Waals surface area contributed by atoms with Crippen molar-refractivity contribution in [2.24, 2.45) is 5.92 Å². The van der Waals surface area contributed by atoms with Gasteiger partial charge in [0.05, 0.1) is 44.6 Å². The van der Waals surface area contributed by atoms with Crippen molar-refractivity contribution in [1.29, 1.82) is 0 Å². The molecule has 2 saturated carbocycles. The van der Waals surface area contributed by atoms with Gasteiger partial charge in [-0.15, -0.1) is 11.3 Å². The number of carbonyl (C=O) groups excluding carboxylic acids is 6. The van der Waals surface area contributed by atoms with E-state index in [1.807, 2.05) is 56.3 Å². The first kappa shape index (κ1) is 65.0. The minimum Gasteiger partial charge on any atom is -0.488 e. The Labute approximate surface area is 517 Å². The molecule has 4 aromatic rings. The lowest BCUT2D eigenvalue weighted by Gasteiger charge is -2.36. The van der Waals surface area contributed by atoms with E-state index in [0.717, 1.165) is 113 Å². The van der Waals surface area contributed by atoms with E-state index in [9.17, 15) is 24.0 Å². The van der Waals surface area contributed by atoms with Crippen LogP contribution in [0.1, 0.15) is 155 Å². The molecule has 19 nitrogen and oxygen atoms in total. The summed E-state index contributed by atoms with van der Waals surface area (Å²) in [5.41, 5.74) is 5.15. The maximum absolute atomic E-state index is 15.0. The lowest BCUT2D eigenvalue weighted by atomic mass is 9.83. The third-order valence-electron chi connectivity index (χ3n) is 17.6. The van der Waals surface area contributed by atoms with Crippen LogP contribution in [0, 0.1) is 12.8 Å². The molecule has 5 aliphatic rings. The molecule has 6 amide bonds. The molecule has 0 bridgehead atoms. The molecule has 87 heavy (non-hydrogen) atoms. The number of aryl methyl sites for hydroxylation is 2. The fraction of sp³-hybridized carbons (Fsp3) is 0.582. The van der Waals surface area contributed by atoms with E-state index in [-0.39, 0.29) is 86.6 Å². The zero-order valence-electron chi connectivity index (χ0n) is 51.9. The summed E-state index contributed by atoms with van der Waals surface area (Å²) in [7, 11) is 1.50. The van der Waals surface area contributed by atoms with E-state index in [4.69, 9.17) is 23.7 Å². The standard InChI is InChI=1S/C67H92N8O11S/c1-42-23-25-52(85-53-37-68-38-53)36-56(42)63(78)70-43(2)47-19-13-20-48(33-47)59-28-27-54(87-59)39-69-49-24-26-51(34-49)84-32-31-82-29-30-83-41-60(76)71-50-35-58(64(79)72-57-22-14-18-45-15-11-12-21-55(45)57)75(40-50)65(80)61(46-16-9-8-10-17-46)73-62(77)44(3)74(7)66(81)86-67(4,5)6/h11-13,15,19-21,23,25,27-28,33,36,43-44,46,49-51,53,57-58,61,68-69H,8-10,14,16-18,22,24,26,29-32,34-35,37-41H2,1-7H3,(H,70,78)(H,71,76)(H,72,79)(H,73,77)/t43-,44+,49+,50+,51-,57-,58+,61+/m1/s1. The summed E-state index contributed by atoms with van der Waals surface area (Å²) in [5.74, 6) is -1.16. The molecular weight excluding hydrogens is 1120 g/mol. The summed E-state index contributed by atoms with van der Waals surface area (Å²) < 4.78 is 29.3. The van der Waals surface area contributed by atoms with Gasteiger partial charge in [0.1, 0.15) is 42.2 Å². The van der Waals surface area contributed by atoms with Gasteiger partial charge in [-0.1, -0.05) is 67.8 Å². The smallest absolute Gasteiger partial charge is 0.410 e. The summed E-state index contributed by atoms with van der Waals surface area (Å²) in [5, 5.41) is 19.4. The van der Waals surface area contributed by atoms with Gasteiger partial charge in [0.2, 0.25) is 23.6 Å². The van der Waals surface area contributed by atoms with Crippen molar-refractivity contribution in [1.82, 2.24) is 41.7 Å². The molecule has 8 atom stereocenters. The minimum absolute atomic E-state index is 0.0696. The van der Waals surface area contributed by atoms with Gasteiger partial charge < -0.3 is 60.5 Å². The van der Waals surface area contributed by atoms with E-state index >= 15 is 4.79 Å². The van der Waals surface area contributed by atoms with Crippen molar-refractivity contribution >= 4 is 47.0 Å². The highest BCUT2D eigenvalue weighted by Gasteiger charge is 2.46. The van der Waals surface area contributed by atoms with Crippen molar-refractivity contribution in [2.75, 3.05) is 59.7 Å². The summed E-state index contributed by atoms with van der Waals surface area (Å²) in [6, 6.07) is 23.1. The van der Waals surface area contributed by atoms with Crippen LogP contribution in [-0.2, 0) is 51.1 Å². The SMILES string of the molecule is Cc1ccc(OC2CNC2)cc1C(=O)N[C@H](C)c1cccc(-c2ccc(CN[C@H]3CC[C@@H](OCCOCCOCC(=O)N[C@H]4C[C@@H](C(=O)N[C@@H]5CCCc6ccccc65)N(C(=O)[C@@H](NC(=O)[C@H](C)N(C)C(=O)OC(C)(C)C)C5CCCCC5)C4)C3)s2)c1. The van der Waals surface area contributed by atoms with Crippen molar-refractivity contribution < 1.29 is 52.5 Å². The molecule has 2 aliphatic heterocycles. The van der Waals surface area contributed by atoms with Gasteiger partial charge >= 0.3 is 6.09 Å². The van der Waals surface area contributed by atoms with Gasteiger partial charge in [-0.2, -0.15) is 0 Å². The first-order chi connectivity index (χ1) is 41.8. The predicted octanol–water partition coefficient (Wildman–Crippen LogP) is 8.23. The molecule has 1 aromatic heterocycles. The van der Waals surface area contributed by atoms with E-state index in [2.05, 4.69) is 68.3 Å². The number of fused-ring (bicyclic) bond motifs is 1. The Hall–Kier alpha value is -6.42. The third kappa shape index (κ3) is 18.1. The van der Waals surface area contributed by atoms with E-state index in [1.165, 1.54) is 32.2 Å². The average Bonchev–Trinajstić information content (AvgIpc) is 2.59. The van der Waals surface area contributed by atoms with Crippen LogP contribution >= 0.6 is 11.3 Å². The molecule has 0 radical (unpaired) electrons. The molecule has 3 aliphatic carbocycles. The van der Waals surface area contributed by atoms with Gasteiger partial charge in [0, 0.05) is 60.6 Å². The van der Waals surface area contributed by atoms with Crippen molar-refractivity contribution in [3.63, 3.8) is 0 Å². The Kier molecular flexibility index (Phi) is 22.9. The molecule has 2 saturated heterocycles. The number of nitrogens with one attached hydrogen (secondary N) is 6. The Morgan fingerprint density at radius 2 is 1.56 bits per heavy atom. The van der Waals surface area contributed by atoms with Gasteiger partial charge in [0.15, 0.2) is 0 Å². The van der Waals surface area contributed by atoms with Crippen LogP contribution in [0.3, 0.4) is 0 Å². The first-order valence-corrected chi connectivity index (χ1v) is 32.4. The quantitative estimate of drug-likeness (QED) is 0.0326. The number of benzene rings is 3. The summed E-state index contributed by atoms with van der Waals surface area (Å²) in [4.78, 5) is 88.5. The maximum atomic E-state index is 15.0. The Balaban J connectivity index is 0.691. The van der Waals surface area contributed by atoms with Crippen LogP contribution in [0.25, 0.3) is 10.4 Å². The van der Waals surface area contributed by atoms with Crippen LogP contribution in [0.4, 0.5) is 4.79 Å². The van der Waals surface area contributed by atoms with Crippen LogP contribution < -0.4 is 36.6 Å². The monoisotopic (exact) mass is 1220 g/mol. The number of hydrogen-bond acceptors (Lipinski definition) is 14. The molecule has 0 unspecified atom stereocenters. The zero-order valence-corrected chi connectivity index (χ0v) is 52.7. The topological polar surface area (TPSA) is 227 Å². The maximum Gasteiger partial charge on any atom is 0.410 e. The number of rotatable bonds is 26. The highest BCUT2D eigenvalue weighted by molar-refractivity contribution is 7.15. The number of carbonyl (C=O) groups is 6. The highest BCUT2D eigenvalue weighted by atomic mass is 32.1. The van der Waals surface area contributed by atoms with Crippen molar-refractivity contribution in [3.05, 3.63) is 112 Å². The molecule has 6 N–H and O–H groups in total. The number of nitrogens with zero attached hydrogens (tertiary/aromatic N) is 2. The van der Waals surface area contributed by atoms with Crippen LogP contribution in [0.5, 0.6) is 5.75 Å². The molecule has 3 heterocycles. The highest BCUT2D eigenvalue weighted by Crippen LogP contribution is 2.34. The Bertz CT molecular complexity index is 2990. The van der Waals surface area contributed by atoms with Gasteiger partial charge in [0.25, 0.3) is 5.91 Å². The number of thiophene rings is 1. The predicted molar refractivity (Wildman–Crippen MR) is 334 cm³/mol. The molecule has 4 fully saturated rings. The summed E-state index contributed by atoms with van der Waals surface area (Å²) in [6.45, 7) is 14.3. The molecule has 9 rings (SSSR count). The Morgan fingerprint density at radius 1 is 0.782 bits per heavy atom. The number of amides is 6. The fourth-order valence-corrected chi connectivity index (χ4v) is 13.4. The lowest BCUT2D eigenvalue weighted by Crippen LogP contribution is -2.59. The number of likely N-dealkylation sites (tertiary alicyclic amines) is 1. The second-order valence-electron chi connectivity index (χ2n) is 25.3. The second-order valence-corrected chi connectivity index (χ2v) is 26.5. The van der Waals surface area contributed by atoms with Crippen molar-refractivity contribution in [2.45, 2.75) is 185 Å². The van der Waals surface area contributed by atoms with Crippen LogP contribution in [0.15, 0.2) is 78.9 Å². The number of likely N-dealkylation sites (N-methyl/N-ethyl adjacent to an activating group) is 1. The first-order valence-electron chi connectivity index (χ1n) is 31.6. The Morgan fingerprint density at radius 3 is 2.34 bits per heavy atom. The molecule has 0 spiro atoms. The van der Waals surface area contributed by atoms with E-state index in [1.54, 1.807) is 39.0 Å². The molecular formula is C67H92N8O11S. The van der Waals surface area contributed by atoms with Crippen LogP contribution in [0.2, 0.25) is 0 Å². The molecule has 20 heteroatoms. The largest absolute Gasteiger partial charge is 0.488 e. The average molecular weight is 1220 g/mol. The molecule has 472 valence electrons. The van der Waals surface area contributed by atoms with E-state index < -0.39 is 41.8 Å². The van der Waals surface area contributed by atoms with Gasteiger partial charge in [-0.25, -0.2) is 4.79 Å². The van der Waals surface area contributed by atoms with Gasteiger partial charge in [-0.3, -0.25) is 28.9 Å². The number of ether oxygens (including phenoxy) is 5. The van der Waals surface area contributed by atoms with E-state index in [0.29, 0.717) is 30.6 Å². The van der Waals surface area contributed by atoms with Crippen molar-refractivity contribution in [3.8, 4) is 16.2 Å². The minimum atomic E-state index is -0.949. The van der Waals surface area contributed by atoms with Crippen LogP contribution in [-0.4, -0.2) is 153 Å². The van der Waals surface area contributed by atoms with Gasteiger partial charge in [-0.05, 0) is 163 Å².